The molecule has 0 spiro atoms. The minimum absolute atomic E-state index is 0.00414. The number of hydrogen-bond acceptors (Lipinski definition) is 5. The van der Waals surface area contributed by atoms with E-state index >= 15 is 0 Å². The lowest BCUT2D eigenvalue weighted by molar-refractivity contribution is -0.140. The van der Waals surface area contributed by atoms with Crippen LogP contribution in [0.25, 0.3) is 0 Å². The number of esters is 1. The smallest absolute Gasteiger partial charge is 0.306 e. The molecule has 0 aromatic carbocycles. The van der Waals surface area contributed by atoms with Gasteiger partial charge in [-0.05, 0) is 25.5 Å². The average molecular weight is 290 g/mol. The largest absolute Gasteiger partial charge is 0.469 e. The van der Waals surface area contributed by atoms with Crippen molar-refractivity contribution in [3.05, 3.63) is 21.9 Å². The van der Waals surface area contributed by atoms with Crippen LogP contribution >= 0.6 is 11.3 Å². The molecule has 0 aliphatic carbocycles. The van der Waals surface area contributed by atoms with Gasteiger partial charge in [-0.25, -0.2) is 8.42 Å². The third-order valence-corrected chi connectivity index (χ3v) is 6.22. The van der Waals surface area contributed by atoms with Gasteiger partial charge in [-0.2, -0.15) is 0 Å². The van der Waals surface area contributed by atoms with Gasteiger partial charge < -0.3 is 4.74 Å². The molecule has 18 heavy (non-hydrogen) atoms. The van der Waals surface area contributed by atoms with E-state index in [1.54, 1.807) is 6.92 Å². The third-order valence-electron chi connectivity index (χ3n) is 2.70. The van der Waals surface area contributed by atoms with E-state index in [0.717, 1.165) is 11.3 Å². The molecule has 0 N–H and O–H groups in total. The molecular weight excluding hydrogens is 272 g/mol. The summed E-state index contributed by atoms with van der Waals surface area (Å²) in [6, 6.07) is 3.78. The second-order valence-corrected chi connectivity index (χ2v) is 7.79. The lowest BCUT2D eigenvalue weighted by atomic mass is 10.3. The number of ether oxygens (including phenoxy) is 1. The van der Waals surface area contributed by atoms with Crippen LogP contribution in [0.2, 0.25) is 0 Å². The maximum atomic E-state index is 12.0. The Morgan fingerprint density at radius 2 is 2.00 bits per heavy atom. The van der Waals surface area contributed by atoms with E-state index in [0.29, 0.717) is 0 Å². The number of thiophene rings is 1. The highest BCUT2D eigenvalue weighted by molar-refractivity contribution is 7.91. The van der Waals surface area contributed by atoms with Gasteiger partial charge >= 0.3 is 5.97 Å². The topological polar surface area (TPSA) is 60.4 Å². The predicted molar refractivity (Wildman–Crippen MR) is 72.4 cm³/mol. The summed E-state index contributed by atoms with van der Waals surface area (Å²) < 4.78 is 28.6. The molecule has 1 atom stereocenters. The van der Waals surface area contributed by atoms with Crippen molar-refractivity contribution >= 4 is 27.1 Å². The van der Waals surface area contributed by atoms with E-state index in [4.69, 9.17) is 0 Å². The van der Waals surface area contributed by atoms with E-state index in [-0.39, 0.29) is 12.2 Å². The molecule has 1 aromatic heterocycles. The zero-order chi connectivity index (χ0) is 13.8. The molecule has 0 bridgehead atoms. The Morgan fingerprint density at radius 3 is 2.50 bits per heavy atom. The Labute approximate surface area is 112 Å². The summed E-state index contributed by atoms with van der Waals surface area (Å²) in [6.07, 6.45) is 0.813. The average Bonchev–Trinajstić information content (AvgIpc) is 2.75. The van der Waals surface area contributed by atoms with E-state index in [1.807, 2.05) is 19.1 Å². The monoisotopic (exact) mass is 290 g/mol. The molecular formula is C12H18O4S2. The quantitative estimate of drug-likeness (QED) is 0.753. The first-order valence-corrected chi connectivity index (χ1v) is 8.28. The van der Waals surface area contributed by atoms with Crippen LogP contribution in [0.4, 0.5) is 0 Å². The first-order chi connectivity index (χ1) is 8.39. The standard InChI is InChI=1S/C12H18O4S2/c1-4-10-5-6-11(17-10)8-18(14,15)9(2)7-12(13)16-3/h5-6,9H,4,7-8H2,1-3H3. The van der Waals surface area contributed by atoms with E-state index in [1.165, 1.54) is 23.3 Å². The predicted octanol–water partition coefficient (Wildman–Crippen LogP) is 2.18. The number of rotatable bonds is 6. The first-order valence-electron chi connectivity index (χ1n) is 5.75. The maximum absolute atomic E-state index is 12.0. The van der Waals surface area contributed by atoms with Crippen molar-refractivity contribution in [3.63, 3.8) is 0 Å². The van der Waals surface area contributed by atoms with Crippen molar-refractivity contribution in [2.45, 2.75) is 37.7 Å². The van der Waals surface area contributed by atoms with Crippen molar-refractivity contribution in [2.24, 2.45) is 0 Å². The highest BCUT2D eigenvalue weighted by atomic mass is 32.2. The van der Waals surface area contributed by atoms with Crippen LogP contribution in [0.15, 0.2) is 12.1 Å². The molecule has 0 radical (unpaired) electrons. The van der Waals surface area contributed by atoms with Gasteiger partial charge in [0.25, 0.3) is 0 Å². The second kappa shape index (κ2) is 6.33. The molecule has 0 saturated heterocycles. The lowest BCUT2D eigenvalue weighted by Crippen LogP contribution is -2.23. The first kappa shape index (κ1) is 15.2. The highest BCUT2D eigenvalue weighted by Gasteiger charge is 2.24. The van der Waals surface area contributed by atoms with Crippen LogP contribution in [0.1, 0.15) is 30.0 Å². The Balaban J connectivity index is 2.72. The van der Waals surface area contributed by atoms with Crippen LogP contribution in [0.5, 0.6) is 0 Å². The molecule has 0 aliphatic heterocycles. The van der Waals surface area contributed by atoms with Crippen LogP contribution in [-0.4, -0.2) is 26.7 Å². The Morgan fingerprint density at radius 1 is 1.39 bits per heavy atom. The normalized spacial score (nSPS) is 13.3. The van der Waals surface area contributed by atoms with Gasteiger partial charge in [-0.1, -0.05) is 6.92 Å². The summed E-state index contributed by atoms with van der Waals surface area (Å²) in [6.45, 7) is 3.57. The van der Waals surface area contributed by atoms with Crippen molar-refractivity contribution in [2.75, 3.05) is 7.11 Å². The van der Waals surface area contributed by atoms with E-state index in [2.05, 4.69) is 4.74 Å². The van der Waals surface area contributed by atoms with E-state index in [9.17, 15) is 13.2 Å². The Bertz CT molecular complexity index is 502. The summed E-state index contributed by atoms with van der Waals surface area (Å²) in [5.74, 6) is -0.498. The Hall–Kier alpha value is -0.880. The fourth-order valence-corrected chi connectivity index (χ4v) is 4.12. The van der Waals surface area contributed by atoms with Crippen molar-refractivity contribution in [3.8, 4) is 0 Å². The Kier molecular flexibility index (Phi) is 5.34. The summed E-state index contributed by atoms with van der Waals surface area (Å²) in [5, 5.41) is -0.711. The van der Waals surface area contributed by atoms with Gasteiger partial charge in [0, 0.05) is 9.75 Å². The third kappa shape index (κ3) is 4.10. The fourth-order valence-electron chi connectivity index (χ4n) is 1.48. The summed E-state index contributed by atoms with van der Waals surface area (Å²) in [7, 11) is -2.05. The summed E-state index contributed by atoms with van der Waals surface area (Å²) in [5.41, 5.74) is 0. The molecule has 4 nitrogen and oxygen atoms in total. The molecule has 0 saturated carbocycles. The SMILES string of the molecule is CCc1ccc(CS(=O)(=O)C(C)CC(=O)OC)s1. The number of carbonyl (C=O) groups is 1. The number of sulfone groups is 1. The van der Waals surface area contributed by atoms with Crippen LogP contribution in [0.3, 0.4) is 0 Å². The van der Waals surface area contributed by atoms with Gasteiger partial charge in [-0.3, -0.25) is 4.79 Å². The zero-order valence-corrected chi connectivity index (χ0v) is 12.4. The molecule has 0 fully saturated rings. The number of carbonyl (C=O) groups excluding carboxylic acids is 1. The molecule has 1 aromatic rings. The van der Waals surface area contributed by atoms with Crippen molar-refractivity contribution < 1.29 is 17.9 Å². The molecule has 0 aliphatic rings. The molecule has 1 rings (SSSR count). The van der Waals surface area contributed by atoms with Crippen LogP contribution in [0, 0.1) is 0 Å². The lowest BCUT2D eigenvalue weighted by Gasteiger charge is -2.10. The van der Waals surface area contributed by atoms with Crippen molar-refractivity contribution in [1.29, 1.82) is 0 Å². The second-order valence-electron chi connectivity index (χ2n) is 4.12. The highest BCUT2D eigenvalue weighted by Crippen LogP contribution is 2.22. The van der Waals surface area contributed by atoms with Gasteiger partial charge in [0.1, 0.15) is 0 Å². The van der Waals surface area contributed by atoms with E-state index < -0.39 is 21.1 Å². The number of aryl methyl sites for hydroxylation is 1. The molecule has 102 valence electrons. The number of hydrogen-bond donors (Lipinski definition) is 0. The van der Waals surface area contributed by atoms with Crippen LogP contribution in [-0.2, 0) is 31.5 Å². The minimum atomic E-state index is -3.30. The van der Waals surface area contributed by atoms with Crippen molar-refractivity contribution in [1.82, 2.24) is 0 Å². The molecule has 1 unspecified atom stereocenters. The molecule has 0 amide bonds. The maximum Gasteiger partial charge on any atom is 0.306 e. The summed E-state index contributed by atoms with van der Waals surface area (Å²) >= 11 is 1.51. The van der Waals surface area contributed by atoms with Gasteiger partial charge in [0.2, 0.25) is 0 Å². The molecule has 6 heteroatoms. The fraction of sp³-hybridized carbons (Fsp3) is 0.583. The van der Waals surface area contributed by atoms with Gasteiger partial charge in [-0.15, -0.1) is 11.3 Å². The zero-order valence-electron chi connectivity index (χ0n) is 10.8. The minimum Gasteiger partial charge on any atom is -0.469 e. The van der Waals surface area contributed by atoms with Crippen LogP contribution < -0.4 is 0 Å². The molecule has 1 heterocycles. The van der Waals surface area contributed by atoms with Gasteiger partial charge in [0.15, 0.2) is 9.84 Å². The number of methoxy groups -OCH3 is 1. The van der Waals surface area contributed by atoms with Gasteiger partial charge in [0.05, 0.1) is 24.5 Å². The summed E-state index contributed by atoms with van der Waals surface area (Å²) in [4.78, 5) is 13.1.